The topological polar surface area (TPSA) is 201 Å². The molecule has 2 fully saturated rings. The zero-order valence-electron chi connectivity index (χ0n) is 39.2. The molecule has 2 unspecified atom stereocenters. The molecular formula is C52H57ClN8O8. The summed E-state index contributed by atoms with van der Waals surface area (Å²) in [7, 11) is 3.24. The zero-order valence-corrected chi connectivity index (χ0v) is 39.9. The molecule has 0 aliphatic carbocycles. The predicted molar refractivity (Wildman–Crippen MR) is 263 cm³/mol. The first-order valence-corrected chi connectivity index (χ1v) is 22.9. The first-order chi connectivity index (χ1) is 33.4. The van der Waals surface area contributed by atoms with E-state index < -0.39 is 6.09 Å². The Morgan fingerprint density at radius 1 is 0.623 bits per heavy atom. The molecule has 17 heteroatoms. The molecular weight excluding hydrogens is 900 g/mol. The van der Waals surface area contributed by atoms with Gasteiger partial charge < -0.3 is 39.8 Å². The number of ether oxygens (including phenoxy) is 4. The van der Waals surface area contributed by atoms with Crippen LogP contribution in [0, 0.1) is 25.7 Å². The van der Waals surface area contributed by atoms with E-state index in [-0.39, 0.29) is 42.3 Å². The number of hydrogen-bond donors (Lipinski definition) is 2. The number of aryl methyl sites for hydroxylation is 2. The van der Waals surface area contributed by atoms with Crippen molar-refractivity contribution >= 4 is 46.6 Å². The van der Waals surface area contributed by atoms with Gasteiger partial charge in [-0.25, -0.2) is 29.5 Å². The van der Waals surface area contributed by atoms with Gasteiger partial charge >= 0.3 is 12.2 Å². The Balaban J connectivity index is 0.000000188. The number of piperidine rings is 2. The van der Waals surface area contributed by atoms with Gasteiger partial charge in [0.25, 0.3) is 0 Å². The van der Waals surface area contributed by atoms with Gasteiger partial charge in [0.1, 0.15) is 48.0 Å². The summed E-state index contributed by atoms with van der Waals surface area (Å²) in [4.78, 5) is 69.0. The van der Waals surface area contributed by atoms with E-state index in [0.717, 1.165) is 53.0 Å². The monoisotopic (exact) mass is 956 g/mol. The summed E-state index contributed by atoms with van der Waals surface area (Å²) < 4.78 is 21.4. The lowest BCUT2D eigenvalue weighted by molar-refractivity contribution is -0.121. The van der Waals surface area contributed by atoms with Gasteiger partial charge in [-0.3, -0.25) is 9.59 Å². The number of nitrogens with zero attached hydrogens (tertiary/aromatic N) is 6. The van der Waals surface area contributed by atoms with Crippen molar-refractivity contribution in [2.75, 3.05) is 51.4 Å². The molecule has 16 nitrogen and oxygen atoms in total. The fraction of sp³-hybridized carbons (Fsp3) is 0.308. The predicted octanol–water partition coefficient (Wildman–Crippen LogP) is 9.29. The van der Waals surface area contributed by atoms with Crippen LogP contribution < -0.4 is 20.5 Å². The molecule has 2 aliphatic rings. The number of rotatable bonds is 11. The van der Waals surface area contributed by atoms with Crippen molar-refractivity contribution in [1.82, 2.24) is 29.7 Å². The first kappa shape index (κ1) is 50.8. The van der Waals surface area contributed by atoms with E-state index in [1.54, 1.807) is 43.1 Å². The second-order valence-corrected chi connectivity index (χ2v) is 16.6. The third-order valence-corrected chi connectivity index (χ3v) is 11.5. The number of para-hydroxylation sites is 2. The maximum Gasteiger partial charge on any atom is 0.410 e. The summed E-state index contributed by atoms with van der Waals surface area (Å²) in [5.74, 6) is 2.76. The molecule has 69 heavy (non-hydrogen) atoms. The molecule has 0 radical (unpaired) electrons. The van der Waals surface area contributed by atoms with Gasteiger partial charge in [0.05, 0.1) is 37.4 Å². The van der Waals surface area contributed by atoms with Crippen molar-refractivity contribution < 1.29 is 38.1 Å². The van der Waals surface area contributed by atoms with E-state index in [4.69, 9.17) is 36.3 Å². The van der Waals surface area contributed by atoms with Crippen LogP contribution in [0.15, 0.2) is 121 Å². The molecule has 3 amide bonds. The second-order valence-electron chi connectivity index (χ2n) is 16.3. The van der Waals surface area contributed by atoms with Crippen LogP contribution in [0.4, 0.5) is 21.2 Å². The molecule has 0 saturated carbocycles. The number of nitrogens with two attached hydrogens (primary N) is 1. The Bertz CT molecular complexity index is 2640. The minimum absolute atomic E-state index is 0.176. The molecule has 3 N–H and O–H groups in total. The van der Waals surface area contributed by atoms with Crippen LogP contribution in [-0.4, -0.2) is 93.5 Å². The highest BCUT2D eigenvalue weighted by Crippen LogP contribution is 2.31. The van der Waals surface area contributed by atoms with E-state index in [1.165, 1.54) is 0 Å². The molecule has 360 valence electrons. The van der Waals surface area contributed by atoms with Gasteiger partial charge in [0.15, 0.2) is 0 Å². The highest BCUT2D eigenvalue weighted by Gasteiger charge is 2.30. The normalized spacial score (nSPS) is 15.2. The van der Waals surface area contributed by atoms with E-state index >= 15 is 0 Å². The van der Waals surface area contributed by atoms with Crippen molar-refractivity contribution in [3.8, 4) is 34.0 Å². The molecule has 6 aromatic rings. The van der Waals surface area contributed by atoms with E-state index in [0.29, 0.717) is 67.3 Å². The van der Waals surface area contributed by atoms with Crippen LogP contribution in [0.25, 0.3) is 22.5 Å². The number of aromatic nitrogens is 4. The number of hydrogen-bond acceptors (Lipinski definition) is 13. The largest absolute Gasteiger partial charge is 0.496 e. The summed E-state index contributed by atoms with van der Waals surface area (Å²) in [5.41, 5.74) is 10.7. The highest BCUT2D eigenvalue weighted by atomic mass is 35.5. The average molecular weight is 958 g/mol. The highest BCUT2D eigenvalue weighted by molar-refractivity contribution is 6.64. The van der Waals surface area contributed by atoms with Gasteiger partial charge in [-0.2, -0.15) is 0 Å². The summed E-state index contributed by atoms with van der Waals surface area (Å²) in [6, 6.07) is 37.7. The SMILES string of the molecule is COc1ccccc1-c1cc(N)nc(C)n1.COc1ccccc1-c1cc(NC(=O)C2CCCN(C(=O)OCc3ccccc3)C2)nc(C)n1.O=C(Cl)C1CCCN(C(=O)OCc2ccccc2)C1. The number of methoxy groups -OCH3 is 2. The van der Waals surface area contributed by atoms with Gasteiger partial charge in [-0.1, -0.05) is 84.9 Å². The van der Waals surface area contributed by atoms with E-state index in [2.05, 4.69) is 25.3 Å². The lowest BCUT2D eigenvalue weighted by Gasteiger charge is -2.31. The standard InChI is InChI=1S/C26H28N4O4.C14H16ClNO3.C12H13N3O/c1-18-27-22(21-12-6-7-13-23(21)33-2)15-24(28-18)29-25(31)20-11-8-14-30(16-20)26(32)34-17-19-9-4-3-5-10-19;15-13(17)12-7-4-8-16(9-12)14(18)19-10-11-5-2-1-3-6-11;1-8-14-10(7-12(13)15-8)9-5-3-4-6-11(9)16-2/h3-7,9-10,12-13,15,20H,8,11,14,16-17H2,1-2H3,(H,27,28,29,31);1-3,5-6,12H,4,7-10H2;3-7H,1-2H3,(H2,13,14,15). The third kappa shape index (κ3) is 15.2. The van der Waals surface area contributed by atoms with Crippen LogP contribution in [0.2, 0.25) is 0 Å². The Hall–Kier alpha value is -7.59. The Kier molecular flexibility index (Phi) is 18.8. The quantitative estimate of drug-likeness (QED) is 0.117. The van der Waals surface area contributed by atoms with Gasteiger partial charge in [-0.15, -0.1) is 0 Å². The van der Waals surface area contributed by atoms with Crippen LogP contribution in [0.1, 0.15) is 48.5 Å². The Morgan fingerprint density at radius 3 is 1.57 bits per heavy atom. The number of carbonyl (C=O) groups excluding carboxylic acids is 4. The molecule has 2 aliphatic heterocycles. The van der Waals surface area contributed by atoms with Crippen molar-refractivity contribution in [3.05, 3.63) is 144 Å². The van der Waals surface area contributed by atoms with Crippen LogP contribution in [0.3, 0.4) is 0 Å². The van der Waals surface area contributed by atoms with E-state index in [9.17, 15) is 19.2 Å². The second kappa shape index (κ2) is 25.5. The number of carbonyl (C=O) groups is 4. The smallest absolute Gasteiger partial charge is 0.410 e. The van der Waals surface area contributed by atoms with Gasteiger partial charge in [0.2, 0.25) is 11.1 Å². The molecule has 0 spiro atoms. The number of nitrogen functional groups attached to an aromatic ring is 1. The van der Waals surface area contributed by atoms with Crippen LogP contribution in [0.5, 0.6) is 11.5 Å². The first-order valence-electron chi connectivity index (χ1n) is 22.6. The molecule has 2 aromatic heterocycles. The van der Waals surface area contributed by atoms with Crippen molar-refractivity contribution in [1.29, 1.82) is 0 Å². The Labute approximate surface area is 407 Å². The lowest BCUT2D eigenvalue weighted by atomic mass is 9.97. The number of nitrogens with one attached hydrogen (secondary N) is 1. The Morgan fingerprint density at radius 2 is 1.07 bits per heavy atom. The number of anilines is 2. The van der Waals surface area contributed by atoms with Crippen LogP contribution in [-0.2, 0) is 32.3 Å². The average Bonchev–Trinajstić information content (AvgIpc) is 3.37. The van der Waals surface area contributed by atoms with Crippen molar-refractivity contribution in [2.24, 2.45) is 11.8 Å². The maximum atomic E-state index is 13.0. The maximum absolute atomic E-state index is 13.0. The number of benzene rings is 4. The van der Waals surface area contributed by atoms with Crippen LogP contribution >= 0.6 is 11.6 Å². The lowest BCUT2D eigenvalue weighted by Crippen LogP contribution is -2.44. The zero-order chi connectivity index (χ0) is 49.1. The number of likely N-dealkylation sites (tertiary alicyclic amines) is 2. The minimum atomic E-state index is -0.405. The number of amides is 3. The molecule has 0 bridgehead atoms. The number of halogens is 1. The van der Waals surface area contributed by atoms with Crippen molar-refractivity contribution in [3.63, 3.8) is 0 Å². The summed E-state index contributed by atoms with van der Waals surface area (Å²) in [6.45, 7) is 5.90. The van der Waals surface area contributed by atoms with Gasteiger partial charge in [-0.05, 0) is 86.5 Å². The van der Waals surface area contributed by atoms with E-state index in [1.807, 2.05) is 116 Å². The molecule has 4 aromatic carbocycles. The third-order valence-electron chi connectivity index (χ3n) is 11.2. The molecule has 8 rings (SSSR count). The summed E-state index contributed by atoms with van der Waals surface area (Å²) >= 11 is 5.48. The summed E-state index contributed by atoms with van der Waals surface area (Å²) in [5, 5.41) is 2.53. The fourth-order valence-electron chi connectivity index (χ4n) is 7.75. The molecule has 2 saturated heterocycles. The molecule has 2 atom stereocenters. The molecule has 4 heterocycles. The van der Waals surface area contributed by atoms with Gasteiger partial charge in [0, 0.05) is 49.4 Å². The summed E-state index contributed by atoms with van der Waals surface area (Å²) in [6.07, 6.45) is 2.16. The minimum Gasteiger partial charge on any atom is -0.496 e. The van der Waals surface area contributed by atoms with Crippen molar-refractivity contribution in [2.45, 2.75) is 52.7 Å². The fourth-order valence-corrected chi connectivity index (χ4v) is 7.92.